The quantitative estimate of drug-likeness (QED) is 0.413. The second kappa shape index (κ2) is 9.36. The van der Waals surface area contributed by atoms with Gasteiger partial charge in [0.1, 0.15) is 24.1 Å². The molecule has 0 radical (unpaired) electrons. The summed E-state index contributed by atoms with van der Waals surface area (Å²) in [5.41, 5.74) is 3.02. The molecule has 0 saturated carbocycles. The SMILES string of the molecule is COc1cc(C=C(C#N)C(=O)N2CCc3ccccc32)ccc1OCc1ccccc1F. The van der Waals surface area contributed by atoms with Crippen molar-refractivity contribution in [2.24, 2.45) is 0 Å². The van der Waals surface area contributed by atoms with Gasteiger partial charge in [-0.05, 0) is 47.9 Å². The van der Waals surface area contributed by atoms with Crippen molar-refractivity contribution in [2.75, 3.05) is 18.6 Å². The number of carbonyl (C=O) groups excluding carboxylic acids is 1. The van der Waals surface area contributed by atoms with E-state index in [0.29, 0.717) is 29.2 Å². The Hall–Kier alpha value is -4.11. The molecule has 5 nitrogen and oxygen atoms in total. The summed E-state index contributed by atoms with van der Waals surface area (Å²) < 4.78 is 25.0. The van der Waals surface area contributed by atoms with E-state index in [2.05, 4.69) is 0 Å². The molecule has 0 spiro atoms. The monoisotopic (exact) mass is 428 g/mol. The first-order valence-corrected chi connectivity index (χ1v) is 10.2. The van der Waals surface area contributed by atoms with E-state index in [9.17, 15) is 14.4 Å². The third-order valence-corrected chi connectivity index (χ3v) is 5.32. The number of hydrogen-bond donors (Lipinski definition) is 0. The summed E-state index contributed by atoms with van der Waals surface area (Å²) in [4.78, 5) is 14.6. The molecule has 32 heavy (non-hydrogen) atoms. The predicted molar refractivity (Wildman–Crippen MR) is 120 cm³/mol. The van der Waals surface area contributed by atoms with Crippen LogP contribution < -0.4 is 14.4 Å². The van der Waals surface area contributed by atoms with Crippen molar-refractivity contribution in [3.8, 4) is 17.6 Å². The lowest BCUT2D eigenvalue weighted by Crippen LogP contribution is -2.29. The maximum Gasteiger partial charge on any atom is 0.268 e. The van der Waals surface area contributed by atoms with Crippen LogP contribution in [0, 0.1) is 17.1 Å². The van der Waals surface area contributed by atoms with Crippen molar-refractivity contribution in [1.82, 2.24) is 0 Å². The first kappa shape index (κ1) is 21.1. The molecule has 0 N–H and O–H groups in total. The van der Waals surface area contributed by atoms with Gasteiger partial charge in [0.25, 0.3) is 5.91 Å². The highest BCUT2D eigenvalue weighted by Crippen LogP contribution is 2.31. The maximum atomic E-state index is 13.8. The van der Waals surface area contributed by atoms with Crippen molar-refractivity contribution in [1.29, 1.82) is 5.26 Å². The van der Waals surface area contributed by atoms with Crippen LogP contribution >= 0.6 is 0 Å². The summed E-state index contributed by atoms with van der Waals surface area (Å²) in [7, 11) is 1.50. The van der Waals surface area contributed by atoms with Gasteiger partial charge >= 0.3 is 0 Å². The van der Waals surface area contributed by atoms with Crippen LogP contribution in [0.15, 0.2) is 72.3 Å². The molecule has 3 aromatic carbocycles. The summed E-state index contributed by atoms with van der Waals surface area (Å²) in [6.45, 7) is 0.595. The van der Waals surface area contributed by atoms with Gasteiger partial charge in [0.2, 0.25) is 0 Å². The number of nitriles is 1. The summed E-state index contributed by atoms with van der Waals surface area (Å²) in [5.74, 6) is 0.181. The van der Waals surface area contributed by atoms with E-state index >= 15 is 0 Å². The number of anilines is 1. The van der Waals surface area contributed by atoms with E-state index in [-0.39, 0.29) is 23.9 Å². The fraction of sp³-hybridized carbons (Fsp3) is 0.154. The van der Waals surface area contributed by atoms with Crippen molar-refractivity contribution in [3.63, 3.8) is 0 Å². The molecule has 0 aliphatic carbocycles. The van der Waals surface area contributed by atoms with E-state index in [1.807, 2.05) is 30.3 Å². The molecule has 1 aliphatic rings. The molecule has 3 aromatic rings. The Morgan fingerprint density at radius 3 is 2.69 bits per heavy atom. The molecule has 4 rings (SSSR count). The number of nitrogens with zero attached hydrogens (tertiary/aromatic N) is 2. The first-order valence-electron chi connectivity index (χ1n) is 10.2. The first-order chi connectivity index (χ1) is 15.6. The predicted octanol–water partition coefficient (Wildman–Crippen LogP) is 4.91. The topological polar surface area (TPSA) is 62.6 Å². The fourth-order valence-corrected chi connectivity index (χ4v) is 3.67. The molecular weight excluding hydrogens is 407 g/mol. The minimum absolute atomic E-state index is 0.0313. The number of halogens is 1. The molecule has 1 heterocycles. The number of carbonyl (C=O) groups is 1. The third kappa shape index (κ3) is 4.33. The van der Waals surface area contributed by atoms with Gasteiger partial charge in [-0.2, -0.15) is 5.26 Å². The van der Waals surface area contributed by atoms with Crippen molar-refractivity contribution < 1.29 is 18.7 Å². The molecule has 6 heteroatoms. The van der Waals surface area contributed by atoms with Crippen LogP contribution in [0.25, 0.3) is 6.08 Å². The van der Waals surface area contributed by atoms with Gasteiger partial charge < -0.3 is 14.4 Å². The van der Waals surface area contributed by atoms with Crippen molar-refractivity contribution in [2.45, 2.75) is 13.0 Å². The average Bonchev–Trinajstić information content (AvgIpc) is 3.26. The molecule has 0 saturated heterocycles. The largest absolute Gasteiger partial charge is 0.493 e. The molecule has 0 unspecified atom stereocenters. The smallest absolute Gasteiger partial charge is 0.268 e. The fourth-order valence-electron chi connectivity index (χ4n) is 3.67. The number of benzene rings is 3. The number of para-hydroxylation sites is 1. The third-order valence-electron chi connectivity index (χ3n) is 5.32. The van der Waals surface area contributed by atoms with E-state index in [0.717, 1.165) is 17.7 Å². The number of ether oxygens (including phenoxy) is 2. The zero-order chi connectivity index (χ0) is 22.5. The molecule has 1 aliphatic heterocycles. The van der Waals surface area contributed by atoms with E-state index in [1.54, 1.807) is 41.3 Å². The highest BCUT2D eigenvalue weighted by molar-refractivity contribution is 6.12. The maximum absolute atomic E-state index is 13.8. The van der Waals surface area contributed by atoms with Gasteiger partial charge in [-0.15, -0.1) is 0 Å². The van der Waals surface area contributed by atoms with Crippen LogP contribution in [-0.4, -0.2) is 19.6 Å². The Kier molecular flexibility index (Phi) is 6.18. The lowest BCUT2D eigenvalue weighted by Gasteiger charge is -2.16. The number of hydrogen-bond acceptors (Lipinski definition) is 4. The Morgan fingerprint density at radius 2 is 1.91 bits per heavy atom. The number of fused-ring (bicyclic) bond motifs is 1. The van der Waals surface area contributed by atoms with Crippen LogP contribution in [0.4, 0.5) is 10.1 Å². The van der Waals surface area contributed by atoms with Gasteiger partial charge in [0.05, 0.1) is 7.11 Å². The Morgan fingerprint density at radius 1 is 1.12 bits per heavy atom. The standard InChI is InChI=1S/C26H21FN2O3/c1-31-25-15-18(10-11-24(25)32-17-20-7-2-4-8-22(20)27)14-21(16-28)26(30)29-13-12-19-6-3-5-9-23(19)29/h2-11,14-15H,12-13,17H2,1H3. The second-order valence-electron chi connectivity index (χ2n) is 7.30. The Labute approximate surface area is 185 Å². The molecular formula is C26H21FN2O3. The van der Waals surface area contributed by atoms with Crippen LogP contribution in [0.5, 0.6) is 11.5 Å². The van der Waals surface area contributed by atoms with Crippen LogP contribution in [0.3, 0.4) is 0 Å². The molecule has 0 atom stereocenters. The highest BCUT2D eigenvalue weighted by Gasteiger charge is 2.26. The Bertz CT molecular complexity index is 1230. The minimum Gasteiger partial charge on any atom is -0.493 e. The average molecular weight is 428 g/mol. The van der Waals surface area contributed by atoms with Crippen LogP contribution in [0.1, 0.15) is 16.7 Å². The molecule has 1 amide bonds. The van der Waals surface area contributed by atoms with Gasteiger partial charge in [0, 0.05) is 17.8 Å². The second-order valence-corrected chi connectivity index (χ2v) is 7.30. The lowest BCUT2D eigenvalue weighted by atomic mass is 10.1. The normalized spacial score (nSPS) is 12.8. The number of amides is 1. The van der Waals surface area contributed by atoms with E-state index in [1.165, 1.54) is 19.3 Å². The lowest BCUT2D eigenvalue weighted by molar-refractivity contribution is -0.114. The van der Waals surface area contributed by atoms with Crippen molar-refractivity contribution in [3.05, 3.63) is 94.8 Å². The van der Waals surface area contributed by atoms with Crippen LogP contribution in [0.2, 0.25) is 0 Å². The van der Waals surface area contributed by atoms with E-state index in [4.69, 9.17) is 9.47 Å². The molecule has 160 valence electrons. The van der Waals surface area contributed by atoms with Gasteiger partial charge in [-0.25, -0.2) is 4.39 Å². The van der Waals surface area contributed by atoms with E-state index < -0.39 is 0 Å². The van der Waals surface area contributed by atoms with Crippen LogP contribution in [-0.2, 0) is 17.8 Å². The summed E-state index contributed by atoms with van der Waals surface area (Å²) in [6, 6.07) is 21.2. The van der Waals surface area contributed by atoms with Gasteiger partial charge in [-0.3, -0.25) is 4.79 Å². The molecule has 0 bridgehead atoms. The summed E-state index contributed by atoms with van der Waals surface area (Å²) in [5, 5.41) is 9.63. The Balaban J connectivity index is 1.54. The van der Waals surface area contributed by atoms with Gasteiger partial charge in [-0.1, -0.05) is 42.5 Å². The summed E-state index contributed by atoms with van der Waals surface area (Å²) in [6.07, 6.45) is 2.30. The number of methoxy groups -OCH3 is 1. The highest BCUT2D eigenvalue weighted by atomic mass is 19.1. The summed E-state index contributed by atoms with van der Waals surface area (Å²) >= 11 is 0. The minimum atomic E-state index is -0.341. The molecule has 0 fully saturated rings. The molecule has 0 aromatic heterocycles. The zero-order valence-electron chi connectivity index (χ0n) is 17.5. The number of rotatable bonds is 6. The zero-order valence-corrected chi connectivity index (χ0v) is 17.5. The van der Waals surface area contributed by atoms with Gasteiger partial charge in [0.15, 0.2) is 11.5 Å². The van der Waals surface area contributed by atoms with Crippen molar-refractivity contribution >= 4 is 17.7 Å².